The Morgan fingerprint density at radius 3 is 3.09 bits per heavy atom. The van der Waals surface area contributed by atoms with Gasteiger partial charge in [-0.15, -0.1) is 0 Å². The van der Waals surface area contributed by atoms with Gasteiger partial charge >= 0.3 is 5.69 Å². The van der Waals surface area contributed by atoms with Gasteiger partial charge in [0.1, 0.15) is 18.3 Å². The second-order valence-electron chi connectivity index (χ2n) is 4.92. The maximum Gasteiger partial charge on any atom is 0.329 e. The van der Waals surface area contributed by atoms with Crippen LogP contribution in [0.25, 0.3) is 10.9 Å². The maximum atomic E-state index is 10.9. The fraction of sp³-hybridized carbons (Fsp3) is 0.200. The lowest BCUT2D eigenvalue weighted by molar-refractivity contribution is -0.384. The van der Waals surface area contributed by atoms with Gasteiger partial charge in [0.05, 0.1) is 12.0 Å². The van der Waals surface area contributed by atoms with Crippen LogP contribution in [0, 0.1) is 10.1 Å². The highest BCUT2D eigenvalue weighted by molar-refractivity contribution is 5.84. The molecule has 3 rings (SSSR count). The number of rotatable bonds is 6. The summed E-state index contributed by atoms with van der Waals surface area (Å²) in [6.07, 6.45) is 5.09. The molecule has 0 bridgehead atoms. The molecule has 118 valence electrons. The van der Waals surface area contributed by atoms with Crippen molar-refractivity contribution in [1.82, 2.24) is 15.0 Å². The van der Waals surface area contributed by atoms with Crippen molar-refractivity contribution in [3.63, 3.8) is 0 Å². The van der Waals surface area contributed by atoms with E-state index in [-0.39, 0.29) is 11.5 Å². The predicted molar refractivity (Wildman–Crippen MR) is 85.7 cm³/mol. The number of H-pyrrole nitrogens is 1. The summed E-state index contributed by atoms with van der Waals surface area (Å²) >= 11 is 0. The van der Waals surface area contributed by atoms with Crippen molar-refractivity contribution in [2.24, 2.45) is 0 Å². The molecule has 0 saturated heterocycles. The van der Waals surface area contributed by atoms with Crippen LogP contribution in [0.1, 0.15) is 5.56 Å². The minimum absolute atomic E-state index is 0.131. The summed E-state index contributed by atoms with van der Waals surface area (Å²) in [6.45, 7) is 0.516. The zero-order valence-corrected chi connectivity index (χ0v) is 12.4. The van der Waals surface area contributed by atoms with Gasteiger partial charge in [0.15, 0.2) is 0 Å². The molecule has 0 unspecified atom stereocenters. The van der Waals surface area contributed by atoms with Crippen LogP contribution < -0.4 is 10.1 Å². The fourth-order valence-corrected chi connectivity index (χ4v) is 2.40. The maximum absolute atomic E-state index is 10.9. The first-order valence-corrected chi connectivity index (χ1v) is 7.01. The number of nitro groups is 1. The number of nitrogens with one attached hydrogen (secondary N) is 2. The van der Waals surface area contributed by atoms with E-state index >= 15 is 0 Å². The zero-order chi connectivity index (χ0) is 16.2. The Balaban J connectivity index is 1.73. The number of benzene rings is 1. The van der Waals surface area contributed by atoms with E-state index in [1.54, 1.807) is 7.11 Å². The van der Waals surface area contributed by atoms with Gasteiger partial charge in [-0.3, -0.25) is 10.1 Å². The van der Waals surface area contributed by atoms with Crippen LogP contribution in [0.4, 0.5) is 11.5 Å². The van der Waals surface area contributed by atoms with Gasteiger partial charge in [-0.05, 0) is 30.2 Å². The molecule has 3 aromatic rings. The SMILES string of the molecule is COc1ccc2[nH]cc(CCNc3ncncc3[N+](=O)[O-])c2c1. The van der Waals surface area contributed by atoms with Gasteiger partial charge in [0.25, 0.3) is 0 Å². The Morgan fingerprint density at radius 2 is 2.30 bits per heavy atom. The molecule has 2 heterocycles. The molecule has 2 N–H and O–H groups in total. The molecule has 0 atom stereocenters. The summed E-state index contributed by atoms with van der Waals surface area (Å²) in [6, 6.07) is 5.82. The van der Waals surface area contributed by atoms with Crippen LogP contribution >= 0.6 is 0 Å². The first-order chi connectivity index (χ1) is 11.2. The molecule has 0 amide bonds. The lowest BCUT2D eigenvalue weighted by Gasteiger charge is -2.05. The molecule has 0 saturated carbocycles. The quantitative estimate of drug-likeness (QED) is 0.535. The smallest absolute Gasteiger partial charge is 0.329 e. The number of aromatic nitrogens is 3. The van der Waals surface area contributed by atoms with E-state index < -0.39 is 4.92 Å². The first-order valence-electron chi connectivity index (χ1n) is 7.01. The van der Waals surface area contributed by atoms with Crippen molar-refractivity contribution < 1.29 is 9.66 Å². The van der Waals surface area contributed by atoms with Crippen molar-refractivity contribution in [3.05, 3.63) is 52.6 Å². The van der Waals surface area contributed by atoms with Crippen LogP contribution in [-0.2, 0) is 6.42 Å². The highest BCUT2D eigenvalue weighted by Crippen LogP contribution is 2.24. The summed E-state index contributed by atoms with van der Waals surface area (Å²) in [4.78, 5) is 21.2. The summed E-state index contributed by atoms with van der Waals surface area (Å²) in [5.74, 6) is 1.01. The number of fused-ring (bicyclic) bond motifs is 1. The number of anilines is 1. The van der Waals surface area contributed by atoms with Gasteiger partial charge in [-0.1, -0.05) is 0 Å². The van der Waals surface area contributed by atoms with Gasteiger partial charge in [-0.25, -0.2) is 9.97 Å². The van der Waals surface area contributed by atoms with E-state index in [0.29, 0.717) is 13.0 Å². The first kappa shape index (κ1) is 14.8. The number of nitrogens with zero attached hydrogens (tertiary/aromatic N) is 3. The Kier molecular flexibility index (Phi) is 4.05. The van der Waals surface area contributed by atoms with E-state index in [4.69, 9.17) is 4.74 Å². The number of hydrogen-bond acceptors (Lipinski definition) is 6. The molecule has 8 nitrogen and oxygen atoms in total. The largest absolute Gasteiger partial charge is 0.497 e. The Hall–Kier alpha value is -3.16. The lowest BCUT2D eigenvalue weighted by Crippen LogP contribution is -2.08. The average Bonchev–Trinajstić information content (AvgIpc) is 2.97. The predicted octanol–water partition coefficient (Wildman–Crippen LogP) is 2.53. The van der Waals surface area contributed by atoms with Crippen LogP contribution in [-0.4, -0.2) is 33.5 Å². The van der Waals surface area contributed by atoms with Crippen LogP contribution in [0.3, 0.4) is 0 Å². The number of hydrogen-bond donors (Lipinski definition) is 2. The number of ether oxygens (including phenoxy) is 1. The molecule has 23 heavy (non-hydrogen) atoms. The molecule has 0 aliphatic rings. The van der Waals surface area contributed by atoms with E-state index in [9.17, 15) is 10.1 Å². The van der Waals surface area contributed by atoms with Crippen molar-refractivity contribution in [1.29, 1.82) is 0 Å². The Bertz CT molecular complexity index is 846. The van der Waals surface area contributed by atoms with E-state index in [2.05, 4.69) is 20.3 Å². The van der Waals surface area contributed by atoms with Crippen molar-refractivity contribution in [2.45, 2.75) is 6.42 Å². The molecule has 0 aliphatic carbocycles. The van der Waals surface area contributed by atoms with Gasteiger partial charge < -0.3 is 15.0 Å². The van der Waals surface area contributed by atoms with E-state index in [0.717, 1.165) is 22.2 Å². The molecular formula is C15H15N5O3. The molecule has 0 radical (unpaired) electrons. The summed E-state index contributed by atoms with van der Waals surface area (Å²) in [5.41, 5.74) is 1.99. The van der Waals surface area contributed by atoms with Crippen molar-refractivity contribution >= 4 is 22.4 Å². The molecular weight excluding hydrogens is 298 g/mol. The topological polar surface area (TPSA) is 106 Å². The Morgan fingerprint density at radius 1 is 1.43 bits per heavy atom. The minimum atomic E-state index is -0.501. The highest BCUT2D eigenvalue weighted by Gasteiger charge is 2.14. The molecule has 0 fully saturated rings. The lowest BCUT2D eigenvalue weighted by atomic mass is 10.1. The molecule has 0 aliphatic heterocycles. The normalized spacial score (nSPS) is 10.7. The standard InChI is InChI=1S/C15H15N5O3/c1-23-11-2-3-13-12(6-11)10(7-18-13)4-5-17-15-14(20(21)22)8-16-9-19-15/h2-3,6-9,18H,4-5H2,1H3,(H,16,17,19). The Labute approximate surface area is 131 Å². The molecule has 8 heteroatoms. The van der Waals surface area contributed by atoms with Crippen molar-refractivity contribution in [3.8, 4) is 5.75 Å². The fourth-order valence-electron chi connectivity index (χ4n) is 2.40. The summed E-state index contributed by atoms with van der Waals surface area (Å²) in [7, 11) is 1.63. The summed E-state index contributed by atoms with van der Waals surface area (Å²) < 4.78 is 5.24. The second kappa shape index (κ2) is 6.30. The van der Waals surface area contributed by atoms with Crippen molar-refractivity contribution in [2.75, 3.05) is 19.0 Å². The van der Waals surface area contributed by atoms with Gasteiger partial charge in [-0.2, -0.15) is 0 Å². The highest BCUT2D eigenvalue weighted by atomic mass is 16.6. The molecule has 2 aromatic heterocycles. The third kappa shape index (κ3) is 3.05. The third-order valence-electron chi connectivity index (χ3n) is 3.55. The van der Waals surface area contributed by atoms with Crippen LogP contribution in [0.15, 0.2) is 36.9 Å². The van der Waals surface area contributed by atoms with Crippen LogP contribution in [0.2, 0.25) is 0 Å². The van der Waals surface area contributed by atoms with E-state index in [1.807, 2.05) is 24.4 Å². The zero-order valence-electron chi connectivity index (χ0n) is 12.4. The molecule has 1 aromatic carbocycles. The summed E-state index contributed by atoms with van der Waals surface area (Å²) in [5, 5.41) is 15.0. The monoisotopic (exact) mass is 313 g/mol. The minimum Gasteiger partial charge on any atom is -0.497 e. The second-order valence-corrected chi connectivity index (χ2v) is 4.92. The van der Waals surface area contributed by atoms with Crippen LogP contribution in [0.5, 0.6) is 5.75 Å². The van der Waals surface area contributed by atoms with Gasteiger partial charge in [0.2, 0.25) is 5.82 Å². The number of methoxy groups -OCH3 is 1. The number of aromatic amines is 1. The average molecular weight is 313 g/mol. The van der Waals surface area contributed by atoms with E-state index in [1.165, 1.54) is 12.5 Å². The molecule has 0 spiro atoms. The van der Waals surface area contributed by atoms with Gasteiger partial charge in [0, 0.05) is 23.6 Å². The third-order valence-corrected chi connectivity index (χ3v) is 3.55.